The van der Waals surface area contributed by atoms with Gasteiger partial charge in [0.25, 0.3) is 0 Å². The zero-order chi connectivity index (χ0) is 19.5. The van der Waals surface area contributed by atoms with Gasteiger partial charge in [-0.2, -0.15) is 36.5 Å². The molecule has 0 bridgehead atoms. The van der Waals surface area contributed by atoms with Gasteiger partial charge >= 0.3 is 12.4 Å². The summed E-state index contributed by atoms with van der Waals surface area (Å²) in [6.07, 6.45) is -8.83. The predicted octanol–water partition coefficient (Wildman–Crippen LogP) is 5.96. The van der Waals surface area contributed by atoms with Gasteiger partial charge in [-0.3, -0.25) is 0 Å². The third kappa shape index (κ3) is 4.93. The van der Waals surface area contributed by atoms with Crippen molar-refractivity contribution in [3.63, 3.8) is 0 Å². The Bertz CT molecular complexity index is 741. The van der Waals surface area contributed by atoms with Gasteiger partial charge in [-0.1, -0.05) is 24.3 Å². The van der Waals surface area contributed by atoms with Crippen LogP contribution in [0.4, 0.5) is 26.3 Å². The van der Waals surface area contributed by atoms with Crippen LogP contribution in [-0.4, -0.2) is 11.4 Å². The minimum absolute atomic E-state index is 0.380. The van der Waals surface area contributed by atoms with E-state index in [1.807, 2.05) is 0 Å². The van der Waals surface area contributed by atoms with E-state index in [1.54, 1.807) is 13.8 Å². The highest BCUT2D eigenvalue weighted by Crippen LogP contribution is 2.30. The average molecular weight is 372 g/mol. The highest BCUT2D eigenvalue weighted by molar-refractivity contribution is 6.01. The number of hydrogen-bond donors (Lipinski definition) is 0. The molecule has 2 rings (SSSR count). The van der Waals surface area contributed by atoms with Crippen molar-refractivity contribution in [1.29, 1.82) is 0 Å². The molecular formula is C18H14F6N2. The van der Waals surface area contributed by atoms with E-state index in [2.05, 4.69) is 10.2 Å². The van der Waals surface area contributed by atoms with E-state index < -0.39 is 23.5 Å². The summed E-state index contributed by atoms with van der Waals surface area (Å²) < 4.78 is 75.3. The second-order valence-corrected chi connectivity index (χ2v) is 5.52. The van der Waals surface area contributed by atoms with E-state index in [0.29, 0.717) is 22.6 Å². The van der Waals surface area contributed by atoms with Crippen molar-refractivity contribution in [1.82, 2.24) is 0 Å². The lowest BCUT2D eigenvalue weighted by Gasteiger charge is -2.07. The Hall–Kier alpha value is -2.64. The molecule has 0 N–H and O–H groups in total. The van der Waals surface area contributed by atoms with Crippen molar-refractivity contribution in [3.8, 4) is 0 Å². The van der Waals surface area contributed by atoms with Gasteiger partial charge in [0, 0.05) is 0 Å². The molecule has 2 nitrogen and oxygen atoms in total. The van der Waals surface area contributed by atoms with Gasteiger partial charge < -0.3 is 0 Å². The van der Waals surface area contributed by atoms with E-state index in [9.17, 15) is 26.3 Å². The van der Waals surface area contributed by atoms with Gasteiger partial charge in [0.1, 0.15) is 0 Å². The lowest BCUT2D eigenvalue weighted by Crippen LogP contribution is -2.06. The first-order chi connectivity index (χ1) is 12.0. The van der Waals surface area contributed by atoms with Crippen molar-refractivity contribution in [3.05, 3.63) is 70.8 Å². The molecule has 0 radical (unpaired) electrons. The molecule has 0 heterocycles. The molecule has 138 valence electrons. The smallest absolute Gasteiger partial charge is 0.166 e. The second-order valence-electron chi connectivity index (χ2n) is 5.52. The SMILES string of the molecule is C/C(=N\N=C(/C)c1ccc(C(F)(F)F)cc1)c1ccc(C(F)(F)F)cc1. The van der Waals surface area contributed by atoms with Crippen LogP contribution in [0.25, 0.3) is 0 Å². The topological polar surface area (TPSA) is 24.7 Å². The molecule has 0 aromatic heterocycles. The second kappa shape index (κ2) is 7.31. The van der Waals surface area contributed by atoms with Crippen LogP contribution in [0.15, 0.2) is 58.7 Å². The van der Waals surface area contributed by atoms with E-state index >= 15 is 0 Å². The lowest BCUT2D eigenvalue weighted by atomic mass is 10.1. The van der Waals surface area contributed by atoms with Crippen LogP contribution in [-0.2, 0) is 12.4 Å². The number of hydrogen-bond acceptors (Lipinski definition) is 2. The highest BCUT2D eigenvalue weighted by atomic mass is 19.4. The first kappa shape index (κ1) is 19.7. The number of halogens is 6. The van der Waals surface area contributed by atoms with Gasteiger partial charge in [0.05, 0.1) is 22.6 Å². The Morgan fingerprint density at radius 1 is 0.577 bits per heavy atom. The Labute approximate surface area is 145 Å². The van der Waals surface area contributed by atoms with Crippen LogP contribution >= 0.6 is 0 Å². The van der Waals surface area contributed by atoms with E-state index in [1.165, 1.54) is 24.3 Å². The zero-order valence-corrected chi connectivity index (χ0v) is 13.8. The molecule has 0 saturated carbocycles. The van der Waals surface area contributed by atoms with E-state index in [-0.39, 0.29) is 0 Å². The Balaban J connectivity index is 2.18. The van der Waals surface area contributed by atoms with Gasteiger partial charge in [-0.15, -0.1) is 0 Å². The maximum atomic E-state index is 12.5. The molecule has 2 aromatic rings. The maximum absolute atomic E-state index is 12.5. The largest absolute Gasteiger partial charge is 0.416 e. The summed E-state index contributed by atoms with van der Waals surface area (Å²) in [5.74, 6) is 0. The van der Waals surface area contributed by atoms with Crippen LogP contribution in [0.2, 0.25) is 0 Å². The highest BCUT2D eigenvalue weighted by Gasteiger charge is 2.30. The minimum atomic E-state index is -4.42. The Morgan fingerprint density at radius 2 is 0.846 bits per heavy atom. The molecule has 0 aliphatic carbocycles. The van der Waals surface area contributed by atoms with Crippen LogP contribution in [0, 0.1) is 0 Å². The van der Waals surface area contributed by atoms with Crippen molar-refractivity contribution in [2.24, 2.45) is 10.2 Å². The quantitative estimate of drug-likeness (QED) is 0.361. The van der Waals surface area contributed by atoms with E-state index in [0.717, 1.165) is 24.3 Å². The summed E-state index contributed by atoms with van der Waals surface area (Å²) in [6, 6.07) is 8.91. The molecule has 0 saturated heterocycles. The fourth-order valence-electron chi connectivity index (χ4n) is 2.07. The zero-order valence-electron chi connectivity index (χ0n) is 13.8. The molecule has 0 atom stereocenters. The summed E-state index contributed by atoms with van der Waals surface area (Å²) in [6.45, 7) is 3.15. The molecule has 0 aliphatic rings. The van der Waals surface area contributed by atoms with Gasteiger partial charge in [0.2, 0.25) is 0 Å². The standard InChI is InChI=1S/C18H14F6N2/c1-11(13-3-7-15(8-4-13)17(19,20)21)25-26-12(2)14-5-9-16(10-6-14)18(22,23)24/h3-10H,1-2H3/b25-11+,26-12+. The minimum Gasteiger partial charge on any atom is -0.166 e. The Morgan fingerprint density at radius 3 is 1.08 bits per heavy atom. The average Bonchev–Trinajstić information content (AvgIpc) is 2.58. The summed E-state index contributed by atoms with van der Waals surface area (Å²) in [4.78, 5) is 0. The molecular weight excluding hydrogens is 358 g/mol. The van der Waals surface area contributed by atoms with Gasteiger partial charge in [0.15, 0.2) is 0 Å². The monoisotopic (exact) mass is 372 g/mol. The van der Waals surface area contributed by atoms with Gasteiger partial charge in [-0.05, 0) is 49.2 Å². The normalized spacial score (nSPS) is 13.8. The number of benzene rings is 2. The number of alkyl halides is 6. The third-order valence-corrected chi connectivity index (χ3v) is 3.61. The fraction of sp³-hybridized carbons (Fsp3) is 0.222. The summed E-state index contributed by atoms with van der Waals surface area (Å²) in [5.41, 5.74) is 0.149. The van der Waals surface area contributed by atoms with E-state index in [4.69, 9.17) is 0 Å². The molecule has 0 aliphatic heterocycles. The molecule has 0 amide bonds. The van der Waals surface area contributed by atoms with Crippen LogP contribution in [0.3, 0.4) is 0 Å². The first-order valence-electron chi connectivity index (χ1n) is 7.42. The molecule has 8 heteroatoms. The summed E-state index contributed by atoms with van der Waals surface area (Å²) in [5, 5.41) is 7.87. The molecule has 26 heavy (non-hydrogen) atoms. The van der Waals surface area contributed by atoms with Crippen LogP contribution in [0.5, 0.6) is 0 Å². The van der Waals surface area contributed by atoms with Gasteiger partial charge in [-0.25, -0.2) is 0 Å². The fourth-order valence-corrected chi connectivity index (χ4v) is 2.07. The third-order valence-electron chi connectivity index (χ3n) is 3.61. The summed E-state index contributed by atoms with van der Waals surface area (Å²) >= 11 is 0. The predicted molar refractivity (Wildman–Crippen MR) is 87.3 cm³/mol. The Kier molecular flexibility index (Phi) is 5.53. The first-order valence-corrected chi connectivity index (χ1v) is 7.42. The van der Waals surface area contributed by atoms with Crippen LogP contribution in [0.1, 0.15) is 36.1 Å². The number of rotatable bonds is 3. The maximum Gasteiger partial charge on any atom is 0.416 e. The van der Waals surface area contributed by atoms with Crippen LogP contribution < -0.4 is 0 Å². The molecule has 0 fully saturated rings. The molecule has 2 aromatic carbocycles. The van der Waals surface area contributed by atoms with Crippen molar-refractivity contribution >= 4 is 11.4 Å². The molecule has 0 unspecified atom stereocenters. The van der Waals surface area contributed by atoms with Crippen molar-refractivity contribution in [2.75, 3.05) is 0 Å². The summed E-state index contributed by atoms with van der Waals surface area (Å²) in [7, 11) is 0. The van der Waals surface area contributed by atoms with Crippen molar-refractivity contribution < 1.29 is 26.3 Å². The van der Waals surface area contributed by atoms with Crippen molar-refractivity contribution in [2.45, 2.75) is 26.2 Å². The number of nitrogens with zero attached hydrogens (tertiary/aromatic N) is 2. The lowest BCUT2D eigenvalue weighted by molar-refractivity contribution is -0.138. The molecule has 0 spiro atoms.